The van der Waals surface area contributed by atoms with E-state index in [2.05, 4.69) is 65.2 Å². The summed E-state index contributed by atoms with van der Waals surface area (Å²) in [6.45, 7) is 14.3. The predicted molar refractivity (Wildman–Crippen MR) is 95.6 cm³/mol. The highest BCUT2D eigenvalue weighted by atomic mass is 15.2. The number of aromatic nitrogens is 3. The van der Waals surface area contributed by atoms with E-state index in [1.165, 1.54) is 19.2 Å². The molecule has 2 heterocycles. The summed E-state index contributed by atoms with van der Waals surface area (Å²) < 4.78 is 0. The number of anilines is 2. The molecule has 0 bridgehead atoms. The molecular formula is C17H30N6. The van der Waals surface area contributed by atoms with Gasteiger partial charge in [0.25, 0.3) is 0 Å². The van der Waals surface area contributed by atoms with Gasteiger partial charge in [-0.15, -0.1) is 6.58 Å². The molecule has 1 aromatic rings. The lowest BCUT2D eigenvalue weighted by Crippen LogP contribution is -2.57. The van der Waals surface area contributed by atoms with E-state index in [9.17, 15) is 0 Å². The molecule has 1 saturated heterocycles. The van der Waals surface area contributed by atoms with Crippen molar-refractivity contribution in [3.63, 3.8) is 0 Å². The first-order valence-corrected chi connectivity index (χ1v) is 8.37. The second-order valence-electron chi connectivity index (χ2n) is 7.68. The minimum atomic E-state index is 0.196. The van der Waals surface area contributed by atoms with E-state index in [-0.39, 0.29) is 11.1 Å². The van der Waals surface area contributed by atoms with Crippen LogP contribution >= 0.6 is 0 Å². The summed E-state index contributed by atoms with van der Waals surface area (Å²) in [6, 6.07) is 0. The van der Waals surface area contributed by atoms with E-state index < -0.39 is 0 Å². The molecule has 0 atom stereocenters. The van der Waals surface area contributed by atoms with Crippen molar-refractivity contribution in [2.45, 2.75) is 58.0 Å². The molecule has 0 amide bonds. The summed E-state index contributed by atoms with van der Waals surface area (Å²) in [5.74, 6) is 1.90. The standard InChI is InChI=1S/C17H30N6/c1-6-8-18-14-20-12-21-15(22-14)19-9-7-13-10-16(2,3)23-17(4,5)11-13/h6,12-13,23H,1,7-11H2,2-5H3,(H2,18,19,20,21,22). The average molecular weight is 318 g/mol. The van der Waals surface area contributed by atoms with Gasteiger partial charge < -0.3 is 16.0 Å². The van der Waals surface area contributed by atoms with E-state index in [4.69, 9.17) is 0 Å². The van der Waals surface area contributed by atoms with Crippen LogP contribution in [0.25, 0.3) is 0 Å². The third kappa shape index (κ3) is 5.78. The first kappa shape index (κ1) is 17.7. The highest BCUT2D eigenvalue weighted by Gasteiger charge is 2.37. The Hall–Kier alpha value is -1.69. The molecule has 0 saturated carbocycles. The quantitative estimate of drug-likeness (QED) is 0.671. The normalized spacial score (nSPS) is 20.0. The van der Waals surface area contributed by atoms with Gasteiger partial charge in [-0.3, -0.25) is 0 Å². The minimum Gasteiger partial charge on any atom is -0.354 e. The third-order valence-corrected chi connectivity index (χ3v) is 4.09. The van der Waals surface area contributed by atoms with Crippen LogP contribution in [0.15, 0.2) is 19.0 Å². The van der Waals surface area contributed by atoms with Crippen molar-refractivity contribution in [3.8, 4) is 0 Å². The van der Waals surface area contributed by atoms with E-state index in [1.54, 1.807) is 6.08 Å². The Morgan fingerprint density at radius 2 is 1.78 bits per heavy atom. The van der Waals surface area contributed by atoms with Crippen molar-refractivity contribution in [3.05, 3.63) is 19.0 Å². The maximum atomic E-state index is 4.35. The lowest BCUT2D eigenvalue weighted by molar-refractivity contribution is 0.125. The summed E-state index contributed by atoms with van der Waals surface area (Å²) in [4.78, 5) is 12.6. The van der Waals surface area contributed by atoms with Crippen LogP contribution in [0.4, 0.5) is 11.9 Å². The summed E-state index contributed by atoms with van der Waals surface area (Å²) in [7, 11) is 0. The highest BCUT2D eigenvalue weighted by Crippen LogP contribution is 2.34. The van der Waals surface area contributed by atoms with Gasteiger partial charge in [-0.25, -0.2) is 9.97 Å². The fourth-order valence-corrected chi connectivity index (χ4v) is 3.76. The average Bonchev–Trinajstić information content (AvgIpc) is 2.42. The van der Waals surface area contributed by atoms with Crippen molar-refractivity contribution in [2.75, 3.05) is 23.7 Å². The fraction of sp³-hybridized carbons (Fsp3) is 0.706. The zero-order chi connectivity index (χ0) is 16.9. The molecule has 0 aliphatic carbocycles. The van der Waals surface area contributed by atoms with Gasteiger partial charge in [0.05, 0.1) is 0 Å². The van der Waals surface area contributed by atoms with Crippen LogP contribution < -0.4 is 16.0 Å². The van der Waals surface area contributed by atoms with Crippen molar-refractivity contribution < 1.29 is 0 Å². The molecule has 0 aromatic carbocycles. The highest BCUT2D eigenvalue weighted by molar-refractivity contribution is 5.32. The van der Waals surface area contributed by atoms with E-state index in [0.29, 0.717) is 24.4 Å². The Labute approximate surface area is 139 Å². The first-order chi connectivity index (χ1) is 10.8. The van der Waals surface area contributed by atoms with Crippen molar-refractivity contribution in [1.29, 1.82) is 0 Å². The lowest BCUT2D eigenvalue weighted by atomic mass is 9.75. The molecule has 0 radical (unpaired) electrons. The molecule has 2 rings (SSSR count). The fourth-order valence-electron chi connectivity index (χ4n) is 3.76. The molecular weight excluding hydrogens is 288 g/mol. The number of rotatable bonds is 7. The maximum Gasteiger partial charge on any atom is 0.227 e. The summed E-state index contributed by atoms with van der Waals surface area (Å²) >= 11 is 0. The Morgan fingerprint density at radius 1 is 1.17 bits per heavy atom. The topological polar surface area (TPSA) is 74.8 Å². The van der Waals surface area contributed by atoms with Crippen LogP contribution in [-0.2, 0) is 0 Å². The van der Waals surface area contributed by atoms with Crippen molar-refractivity contribution >= 4 is 11.9 Å². The van der Waals surface area contributed by atoms with Crippen LogP contribution in [0, 0.1) is 5.92 Å². The third-order valence-electron chi connectivity index (χ3n) is 4.09. The summed E-state index contributed by atoms with van der Waals surface area (Å²) in [5.41, 5.74) is 0.392. The van der Waals surface area contributed by atoms with Gasteiger partial charge in [-0.1, -0.05) is 6.08 Å². The smallest absolute Gasteiger partial charge is 0.227 e. The zero-order valence-electron chi connectivity index (χ0n) is 14.8. The number of nitrogens with one attached hydrogen (secondary N) is 3. The summed E-state index contributed by atoms with van der Waals surface area (Å²) in [6.07, 6.45) is 6.81. The SMILES string of the molecule is C=CCNc1ncnc(NCCC2CC(C)(C)NC(C)(C)C2)n1. The Bertz CT molecular complexity index is 510. The first-order valence-electron chi connectivity index (χ1n) is 8.37. The van der Waals surface area contributed by atoms with Crippen LogP contribution in [0.5, 0.6) is 0 Å². The number of hydrogen-bond acceptors (Lipinski definition) is 6. The van der Waals surface area contributed by atoms with Crippen LogP contribution in [-0.4, -0.2) is 39.1 Å². The van der Waals surface area contributed by atoms with Crippen molar-refractivity contribution in [2.24, 2.45) is 5.92 Å². The molecule has 3 N–H and O–H groups in total. The predicted octanol–water partition coefficient (Wildman–Crippen LogP) is 2.83. The maximum absolute atomic E-state index is 4.35. The molecule has 6 heteroatoms. The minimum absolute atomic E-state index is 0.196. The molecule has 0 spiro atoms. The monoisotopic (exact) mass is 318 g/mol. The van der Waals surface area contributed by atoms with Gasteiger partial charge in [0.15, 0.2) is 0 Å². The Balaban J connectivity index is 1.83. The molecule has 1 aliphatic rings. The van der Waals surface area contributed by atoms with Gasteiger partial charge in [0, 0.05) is 24.2 Å². The zero-order valence-corrected chi connectivity index (χ0v) is 14.8. The second kappa shape index (κ2) is 7.25. The van der Waals surface area contributed by atoms with Gasteiger partial charge >= 0.3 is 0 Å². The lowest BCUT2D eigenvalue weighted by Gasteiger charge is -2.46. The Kier molecular flexibility index (Phi) is 5.57. The van der Waals surface area contributed by atoms with Gasteiger partial charge in [0.1, 0.15) is 6.33 Å². The van der Waals surface area contributed by atoms with Crippen LogP contribution in [0.2, 0.25) is 0 Å². The number of nitrogens with zero attached hydrogens (tertiary/aromatic N) is 3. The molecule has 23 heavy (non-hydrogen) atoms. The molecule has 6 nitrogen and oxygen atoms in total. The van der Waals surface area contributed by atoms with Crippen molar-refractivity contribution in [1.82, 2.24) is 20.3 Å². The van der Waals surface area contributed by atoms with E-state index >= 15 is 0 Å². The number of hydrogen-bond donors (Lipinski definition) is 3. The van der Waals surface area contributed by atoms with E-state index in [1.807, 2.05) is 0 Å². The molecule has 1 aliphatic heterocycles. The molecule has 128 valence electrons. The molecule has 0 unspecified atom stereocenters. The van der Waals surface area contributed by atoms with Gasteiger partial charge in [-0.2, -0.15) is 4.98 Å². The largest absolute Gasteiger partial charge is 0.354 e. The second-order valence-corrected chi connectivity index (χ2v) is 7.68. The summed E-state index contributed by atoms with van der Waals surface area (Å²) in [5, 5.41) is 10.1. The number of piperidine rings is 1. The van der Waals surface area contributed by atoms with Crippen LogP contribution in [0.1, 0.15) is 47.0 Å². The van der Waals surface area contributed by atoms with Gasteiger partial charge in [0.2, 0.25) is 11.9 Å². The Morgan fingerprint density at radius 3 is 2.39 bits per heavy atom. The molecule has 1 fully saturated rings. The van der Waals surface area contributed by atoms with Crippen LogP contribution in [0.3, 0.4) is 0 Å². The van der Waals surface area contributed by atoms with Gasteiger partial charge in [-0.05, 0) is 52.9 Å². The molecule has 1 aromatic heterocycles. The van der Waals surface area contributed by atoms with E-state index in [0.717, 1.165) is 13.0 Å².